The smallest absolute Gasteiger partial charge is 0.190 e. The van der Waals surface area contributed by atoms with Gasteiger partial charge in [0, 0.05) is 33.9 Å². The fourth-order valence-corrected chi connectivity index (χ4v) is 1.97. The molecule has 0 heterocycles. The van der Waals surface area contributed by atoms with E-state index in [1.807, 2.05) is 12.1 Å². The molecule has 0 saturated heterocycles. The zero-order valence-corrected chi connectivity index (χ0v) is 13.3. The molecular weight excluding hydrogens is 266 g/mol. The van der Waals surface area contributed by atoms with E-state index in [1.165, 1.54) is 5.56 Å². The first-order valence-corrected chi connectivity index (χ1v) is 7.36. The highest BCUT2D eigenvalue weighted by Crippen LogP contribution is 2.13. The molecule has 5 heteroatoms. The van der Waals surface area contributed by atoms with Crippen LogP contribution in [0.4, 0.5) is 0 Å². The number of nitrogens with one attached hydrogen (secondary N) is 2. The normalized spacial score (nSPS) is 11.3. The SMILES string of the molecule is CN=C(NCCCOC)NCCCc1cccc(OC)c1. The van der Waals surface area contributed by atoms with Gasteiger partial charge >= 0.3 is 0 Å². The van der Waals surface area contributed by atoms with Crippen LogP contribution in [0.1, 0.15) is 18.4 Å². The van der Waals surface area contributed by atoms with Crippen LogP contribution in [0, 0.1) is 0 Å². The Kier molecular flexibility index (Phi) is 9.04. The van der Waals surface area contributed by atoms with Crippen LogP contribution < -0.4 is 15.4 Å². The van der Waals surface area contributed by atoms with Crippen molar-refractivity contribution >= 4 is 5.96 Å². The van der Waals surface area contributed by atoms with Crippen LogP contribution in [0.2, 0.25) is 0 Å². The highest BCUT2D eigenvalue weighted by molar-refractivity contribution is 5.79. The van der Waals surface area contributed by atoms with Crippen LogP contribution >= 0.6 is 0 Å². The number of nitrogens with zero attached hydrogens (tertiary/aromatic N) is 1. The molecule has 1 aromatic rings. The summed E-state index contributed by atoms with van der Waals surface area (Å²) in [6, 6.07) is 8.20. The molecular formula is C16H27N3O2. The minimum absolute atomic E-state index is 0.764. The number of rotatable bonds is 9. The van der Waals surface area contributed by atoms with Crippen molar-refractivity contribution in [2.75, 3.05) is 41.0 Å². The van der Waals surface area contributed by atoms with Crippen molar-refractivity contribution in [3.8, 4) is 5.75 Å². The Labute approximate surface area is 127 Å². The van der Waals surface area contributed by atoms with Gasteiger partial charge in [0.15, 0.2) is 5.96 Å². The van der Waals surface area contributed by atoms with E-state index < -0.39 is 0 Å². The quantitative estimate of drug-likeness (QED) is 0.414. The van der Waals surface area contributed by atoms with Crippen molar-refractivity contribution < 1.29 is 9.47 Å². The third-order valence-electron chi connectivity index (χ3n) is 3.11. The average molecular weight is 293 g/mol. The van der Waals surface area contributed by atoms with Crippen molar-refractivity contribution in [3.05, 3.63) is 29.8 Å². The summed E-state index contributed by atoms with van der Waals surface area (Å²) >= 11 is 0. The topological polar surface area (TPSA) is 54.9 Å². The van der Waals surface area contributed by atoms with Crippen molar-refractivity contribution in [1.29, 1.82) is 0 Å². The largest absolute Gasteiger partial charge is 0.497 e. The van der Waals surface area contributed by atoms with Gasteiger partial charge in [-0.05, 0) is 37.0 Å². The number of hydrogen-bond donors (Lipinski definition) is 2. The molecule has 0 unspecified atom stereocenters. The van der Waals surface area contributed by atoms with E-state index in [0.29, 0.717) is 0 Å². The van der Waals surface area contributed by atoms with Crippen LogP contribution in [0.15, 0.2) is 29.3 Å². The second kappa shape index (κ2) is 11.0. The molecule has 1 aromatic carbocycles. The predicted molar refractivity (Wildman–Crippen MR) is 87.2 cm³/mol. The molecule has 1 rings (SSSR count). The zero-order valence-electron chi connectivity index (χ0n) is 13.3. The van der Waals surface area contributed by atoms with Crippen molar-refractivity contribution in [3.63, 3.8) is 0 Å². The molecule has 0 atom stereocenters. The summed E-state index contributed by atoms with van der Waals surface area (Å²) in [5.41, 5.74) is 1.29. The first-order chi connectivity index (χ1) is 10.3. The van der Waals surface area contributed by atoms with Gasteiger partial charge in [0.05, 0.1) is 7.11 Å². The van der Waals surface area contributed by atoms with Gasteiger partial charge in [0.2, 0.25) is 0 Å². The van der Waals surface area contributed by atoms with Crippen LogP contribution in [0.5, 0.6) is 5.75 Å². The van der Waals surface area contributed by atoms with Gasteiger partial charge in [0.25, 0.3) is 0 Å². The third kappa shape index (κ3) is 7.56. The van der Waals surface area contributed by atoms with Crippen molar-refractivity contribution in [2.24, 2.45) is 4.99 Å². The maximum atomic E-state index is 5.23. The number of guanidine groups is 1. The van der Waals surface area contributed by atoms with Crippen molar-refractivity contribution in [2.45, 2.75) is 19.3 Å². The number of ether oxygens (including phenoxy) is 2. The number of aryl methyl sites for hydroxylation is 1. The first-order valence-electron chi connectivity index (χ1n) is 7.36. The van der Waals surface area contributed by atoms with E-state index in [4.69, 9.17) is 9.47 Å². The van der Waals surface area contributed by atoms with Gasteiger partial charge in [-0.25, -0.2) is 0 Å². The lowest BCUT2D eigenvalue weighted by molar-refractivity contribution is 0.195. The lowest BCUT2D eigenvalue weighted by Crippen LogP contribution is -2.38. The van der Waals surface area contributed by atoms with Gasteiger partial charge < -0.3 is 20.1 Å². The van der Waals surface area contributed by atoms with Gasteiger partial charge in [-0.3, -0.25) is 4.99 Å². The summed E-state index contributed by atoms with van der Waals surface area (Å²) < 4.78 is 10.2. The number of hydrogen-bond acceptors (Lipinski definition) is 3. The number of aliphatic imine (C=N–C) groups is 1. The molecule has 0 aromatic heterocycles. The Morgan fingerprint density at radius 2 is 1.90 bits per heavy atom. The Bertz CT molecular complexity index is 422. The number of benzene rings is 1. The summed E-state index contributed by atoms with van der Waals surface area (Å²) in [4.78, 5) is 4.19. The fraction of sp³-hybridized carbons (Fsp3) is 0.562. The summed E-state index contributed by atoms with van der Waals surface area (Å²) in [5.74, 6) is 1.76. The molecule has 21 heavy (non-hydrogen) atoms. The molecule has 0 fully saturated rings. The van der Waals surface area contributed by atoms with E-state index in [-0.39, 0.29) is 0 Å². The van der Waals surface area contributed by atoms with Gasteiger partial charge in [-0.2, -0.15) is 0 Å². The second-order valence-corrected chi connectivity index (χ2v) is 4.73. The standard InChI is InChI=1S/C16H27N3O2/c1-17-16(19-11-6-12-20-2)18-10-5-8-14-7-4-9-15(13-14)21-3/h4,7,9,13H,5-6,8,10-12H2,1-3H3,(H2,17,18,19). The van der Waals surface area contributed by atoms with E-state index >= 15 is 0 Å². The summed E-state index contributed by atoms with van der Waals surface area (Å²) in [7, 11) is 5.19. The average Bonchev–Trinajstić information content (AvgIpc) is 2.53. The summed E-state index contributed by atoms with van der Waals surface area (Å²) in [5, 5.41) is 6.57. The van der Waals surface area contributed by atoms with Crippen LogP contribution in [-0.2, 0) is 11.2 Å². The maximum absolute atomic E-state index is 5.23. The Balaban J connectivity index is 2.19. The molecule has 2 N–H and O–H groups in total. The highest BCUT2D eigenvalue weighted by atomic mass is 16.5. The molecule has 118 valence electrons. The molecule has 0 aliphatic rings. The van der Waals surface area contributed by atoms with Crippen LogP contribution in [-0.4, -0.2) is 46.9 Å². The number of methoxy groups -OCH3 is 2. The third-order valence-corrected chi connectivity index (χ3v) is 3.11. The molecule has 0 spiro atoms. The Morgan fingerprint density at radius 1 is 1.14 bits per heavy atom. The van der Waals surface area contributed by atoms with Gasteiger partial charge in [-0.15, -0.1) is 0 Å². The fourth-order valence-electron chi connectivity index (χ4n) is 1.97. The van der Waals surface area contributed by atoms with Gasteiger partial charge in [-0.1, -0.05) is 12.1 Å². The van der Waals surface area contributed by atoms with Crippen molar-refractivity contribution in [1.82, 2.24) is 10.6 Å². The summed E-state index contributed by atoms with van der Waals surface area (Å²) in [6.07, 6.45) is 3.04. The van der Waals surface area contributed by atoms with E-state index in [0.717, 1.165) is 50.7 Å². The highest BCUT2D eigenvalue weighted by Gasteiger charge is 1.98. The maximum Gasteiger partial charge on any atom is 0.190 e. The van der Waals surface area contributed by atoms with E-state index in [2.05, 4.69) is 27.8 Å². The van der Waals surface area contributed by atoms with Crippen LogP contribution in [0.3, 0.4) is 0 Å². The Hall–Kier alpha value is -1.75. The molecule has 0 radical (unpaired) electrons. The molecule has 0 amide bonds. The molecule has 5 nitrogen and oxygen atoms in total. The lowest BCUT2D eigenvalue weighted by atomic mass is 10.1. The Morgan fingerprint density at radius 3 is 2.57 bits per heavy atom. The first kappa shape index (κ1) is 17.3. The molecule has 0 aliphatic carbocycles. The minimum Gasteiger partial charge on any atom is -0.497 e. The van der Waals surface area contributed by atoms with E-state index in [1.54, 1.807) is 21.3 Å². The summed E-state index contributed by atoms with van der Waals surface area (Å²) in [6.45, 7) is 2.52. The minimum atomic E-state index is 0.764. The van der Waals surface area contributed by atoms with Crippen LogP contribution in [0.25, 0.3) is 0 Å². The lowest BCUT2D eigenvalue weighted by Gasteiger charge is -2.11. The van der Waals surface area contributed by atoms with E-state index in [9.17, 15) is 0 Å². The molecule has 0 saturated carbocycles. The second-order valence-electron chi connectivity index (χ2n) is 4.73. The zero-order chi connectivity index (χ0) is 15.3. The molecule has 0 bridgehead atoms. The molecule has 0 aliphatic heterocycles. The monoisotopic (exact) mass is 293 g/mol. The predicted octanol–water partition coefficient (Wildman–Crippen LogP) is 1.83. The van der Waals surface area contributed by atoms with Gasteiger partial charge in [0.1, 0.15) is 5.75 Å².